The molecule has 1 saturated heterocycles. The first-order valence-electron chi connectivity index (χ1n) is 9.79. The molecular weight excluding hydrogens is 416 g/mol. The molecule has 0 unspecified atom stereocenters. The van der Waals surface area contributed by atoms with E-state index in [1.54, 1.807) is 12.3 Å². The van der Waals surface area contributed by atoms with Crippen LogP contribution in [0.15, 0.2) is 66.0 Å². The number of rotatable bonds is 6. The van der Waals surface area contributed by atoms with Gasteiger partial charge in [0.05, 0.1) is 23.0 Å². The Kier molecular flexibility index (Phi) is 5.81. The average molecular weight is 439 g/mol. The van der Waals surface area contributed by atoms with Crippen LogP contribution < -0.4 is 14.5 Å². The summed E-state index contributed by atoms with van der Waals surface area (Å²) in [5.74, 6) is 1.29. The number of carbonyl (C=O) groups is 1. The van der Waals surface area contributed by atoms with Crippen LogP contribution in [0.2, 0.25) is 0 Å². The Hall–Kier alpha value is -3.53. The van der Waals surface area contributed by atoms with Crippen LogP contribution in [0.25, 0.3) is 0 Å². The lowest BCUT2D eigenvalue weighted by Gasteiger charge is -2.35. The molecule has 2 aromatic heterocycles. The number of nitrogens with one attached hydrogen (secondary N) is 1. The van der Waals surface area contributed by atoms with Crippen molar-refractivity contribution in [1.82, 2.24) is 15.0 Å². The van der Waals surface area contributed by atoms with Crippen LogP contribution in [0, 0.1) is 0 Å². The Bertz CT molecular complexity index is 1160. The predicted molar refractivity (Wildman–Crippen MR) is 118 cm³/mol. The van der Waals surface area contributed by atoms with Crippen LogP contribution in [-0.4, -0.2) is 55.3 Å². The van der Waals surface area contributed by atoms with Gasteiger partial charge in [-0.3, -0.25) is 9.52 Å². The van der Waals surface area contributed by atoms with Gasteiger partial charge in [0, 0.05) is 37.9 Å². The Morgan fingerprint density at radius 1 is 0.935 bits per heavy atom. The zero-order chi connectivity index (χ0) is 21.8. The first-order valence-corrected chi connectivity index (χ1v) is 11.3. The lowest BCUT2D eigenvalue weighted by Crippen LogP contribution is -2.47. The van der Waals surface area contributed by atoms with Crippen molar-refractivity contribution in [3.63, 3.8) is 0 Å². The van der Waals surface area contributed by atoms with Crippen LogP contribution >= 0.6 is 0 Å². The Morgan fingerprint density at radius 2 is 1.65 bits per heavy atom. The van der Waals surface area contributed by atoms with E-state index in [0.717, 1.165) is 32.0 Å². The number of anilines is 3. The Labute approximate surface area is 180 Å². The largest absolute Gasteiger partial charge is 0.353 e. The van der Waals surface area contributed by atoms with Gasteiger partial charge in [0.1, 0.15) is 5.82 Å². The first-order chi connectivity index (χ1) is 14.9. The molecule has 1 aliphatic rings. The van der Waals surface area contributed by atoms with Gasteiger partial charge in [0.15, 0.2) is 5.78 Å². The van der Waals surface area contributed by atoms with Crippen molar-refractivity contribution in [3.05, 3.63) is 66.6 Å². The number of pyridine rings is 1. The number of ketones is 1. The van der Waals surface area contributed by atoms with E-state index in [1.165, 1.54) is 37.5 Å². The van der Waals surface area contributed by atoms with Gasteiger partial charge in [-0.25, -0.2) is 23.4 Å². The second kappa shape index (κ2) is 8.68. The SMILES string of the molecule is CC(=O)c1cccc(S(=O)(=O)Nc2cnc(N3CCN(c4ccccn4)CC3)nc2)c1. The monoisotopic (exact) mass is 438 g/mol. The van der Waals surface area contributed by atoms with Crippen LogP contribution in [0.3, 0.4) is 0 Å². The summed E-state index contributed by atoms with van der Waals surface area (Å²) in [5, 5.41) is 0. The molecule has 1 fully saturated rings. The number of aromatic nitrogens is 3. The number of benzene rings is 1. The zero-order valence-corrected chi connectivity index (χ0v) is 17.8. The fraction of sp³-hybridized carbons (Fsp3) is 0.238. The number of carbonyl (C=O) groups excluding carboxylic acids is 1. The summed E-state index contributed by atoms with van der Waals surface area (Å²) in [6, 6.07) is 11.7. The molecule has 0 radical (unpaired) electrons. The number of sulfonamides is 1. The third kappa shape index (κ3) is 4.80. The van der Waals surface area contributed by atoms with Crippen molar-refractivity contribution >= 4 is 33.3 Å². The number of nitrogens with zero attached hydrogens (tertiary/aromatic N) is 5. The maximum absolute atomic E-state index is 12.6. The number of piperazine rings is 1. The van der Waals surface area contributed by atoms with Crippen LogP contribution in [-0.2, 0) is 10.0 Å². The van der Waals surface area contributed by atoms with Crippen molar-refractivity contribution in [2.24, 2.45) is 0 Å². The van der Waals surface area contributed by atoms with E-state index in [0.29, 0.717) is 11.5 Å². The molecule has 160 valence electrons. The molecule has 9 nitrogen and oxygen atoms in total. The molecule has 1 aromatic carbocycles. The van der Waals surface area contributed by atoms with Crippen molar-refractivity contribution in [2.75, 3.05) is 40.7 Å². The maximum Gasteiger partial charge on any atom is 0.262 e. The molecule has 0 amide bonds. The highest BCUT2D eigenvalue weighted by molar-refractivity contribution is 7.92. The minimum atomic E-state index is -3.85. The number of hydrogen-bond donors (Lipinski definition) is 1. The van der Waals surface area contributed by atoms with Gasteiger partial charge in [0.2, 0.25) is 5.95 Å². The predicted octanol–water partition coefficient (Wildman–Crippen LogP) is 2.20. The van der Waals surface area contributed by atoms with E-state index in [4.69, 9.17) is 0 Å². The Balaban J connectivity index is 1.41. The molecule has 0 bridgehead atoms. The van der Waals surface area contributed by atoms with E-state index in [2.05, 4.69) is 24.6 Å². The number of hydrogen-bond acceptors (Lipinski definition) is 8. The topological polar surface area (TPSA) is 108 Å². The second-order valence-electron chi connectivity index (χ2n) is 7.12. The average Bonchev–Trinajstić information content (AvgIpc) is 2.80. The van der Waals surface area contributed by atoms with E-state index in [-0.39, 0.29) is 16.4 Å². The number of Topliss-reactive ketones (excluding diaryl/α,β-unsaturated/α-hetero) is 1. The van der Waals surface area contributed by atoms with Crippen LogP contribution in [0.4, 0.5) is 17.5 Å². The highest BCUT2D eigenvalue weighted by Gasteiger charge is 2.20. The summed E-state index contributed by atoms with van der Waals surface area (Å²) in [6.07, 6.45) is 4.67. The van der Waals surface area contributed by atoms with E-state index in [9.17, 15) is 13.2 Å². The van der Waals surface area contributed by atoms with Gasteiger partial charge in [-0.1, -0.05) is 18.2 Å². The second-order valence-corrected chi connectivity index (χ2v) is 8.81. The third-order valence-electron chi connectivity index (χ3n) is 4.98. The van der Waals surface area contributed by atoms with Crippen LogP contribution in [0.1, 0.15) is 17.3 Å². The maximum atomic E-state index is 12.6. The van der Waals surface area contributed by atoms with Crippen molar-refractivity contribution in [2.45, 2.75) is 11.8 Å². The van der Waals surface area contributed by atoms with Gasteiger partial charge < -0.3 is 9.80 Å². The van der Waals surface area contributed by atoms with E-state index in [1.807, 2.05) is 23.1 Å². The van der Waals surface area contributed by atoms with Crippen molar-refractivity contribution < 1.29 is 13.2 Å². The smallest absolute Gasteiger partial charge is 0.262 e. The van der Waals surface area contributed by atoms with E-state index < -0.39 is 10.0 Å². The van der Waals surface area contributed by atoms with Crippen LogP contribution in [0.5, 0.6) is 0 Å². The van der Waals surface area contributed by atoms with Crippen molar-refractivity contribution in [3.8, 4) is 0 Å². The quantitative estimate of drug-likeness (QED) is 0.584. The molecule has 0 aliphatic carbocycles. The van der Waals surface area contributed by atoms with Crippen molar-refractivity contribution in [1.29, 1.82) is 0 Å². The lowest BCUT2D eigenvalue weighted by molar-refractivity contribution is 0.101. The molecule has 0 atom stereocenters. The summed E-state index contributed by atoms with van der Waals surface area (Å²) >= 11 is 0. The standard InChI is InChI=1S/C21H22N6O3S/c1-16(28)17-5-4-6-19(13-17)31(29,30)25-18-14-23-21(24-15-18)27-11-9-26(10-12-27)20-7-2-3-8-22-20/h2-8,13-15,25H,9-12H2,1H3. The molecule has 0 spiro atoms. The molecule has 31 heavy (non-hydrogen) atoms. The van der Waals surface area contributed by atoms with Gasteiger partial charge in [-0.15, -0.1) is 0 Å². The molecule has 3 heterocycles. The van der Waals surface area contributed by atoms with Gasteiger partial charge >= 0.3 is 0 Å². The van der Waals surface area contributed by atoms with Gasteiger partial charge in [-0.05, 0) is 31.2 Å². The summed E-state index contributed by atoms with van der Waals surface area (Å²) in [7, 11) is -3.85. The molecule has 3 aromatic rings. The highest BCUT2D eigenvalue weighted by Crippen LogP contribution is 2.19. The molecule has 1 N–H and O–H groups in total. The fourth-order valence-corrected chi connectivity index (χ4v) is 4.38. The fourth-order valence-electron chi connectivity index (χ4n) is 3.31. The summed E-state index contributed by atoms with van der Waals surface area (Å²) < 4.78 is 27.7. The summed E-state index contributed by atoms with van der Waals surface area (Å²) in [4.78, 5) is 28.8. The molecule has 10 heteroatoms. The lowest BCUT2D eigenvalue weighted by atomic mass is 10.2. The summed E-state index contributed by atoms with van der Waals surface area (Å²) in [6.45, 7) is 4.45. The minimum Gasteiger partial charge on any atom is -0.353 e. The first kappa shape index (κ1) is 20.7. The zero-order valence-electron chi connectivity index (χ0n) is 17.0. The molecule has 4 rings (SSSR count). The Morgan fingerprint density at radius 3 is 2.29 bits per heavy atom. The highest BCUT2D eigenvalue weighted by atomic mass is 32.2. The summed E-state index contributed by atoms with van der Waals surface area (Å²) in [5.41, 5.74) is 0.586. The molecule has 0 saturated carbocycles. The van der Waals surface area contributed by atoms with Gasteiger partial charge in [0.25, 0.3) is 10.0 Å². The third-order valence-corrected chi connectivity index (χ3v) is 6.36. The normalized spacial score (nSPS) is 14.4. The molecular formula is C21H22N6O3S. The van der Waals surface area contributed by atoms with Gasteiger partial charge in [-0.2, -0.15) is 0 Å². The van der Waals surface area contributed by atoms with E-state index >= 15 is 0 Å². The minimum absolute atomic E-state index is 0.00919. The molecule has 1 aliphatic heterocycles.